The molecule has 2 fully saturated rings. The van der Waals surface area contributed by atoms with E-state index in [0.29, 0.717) is 25.1 Å². The van der Waals surface area contributed by atoms with E-state index in [1.165, 1.54) is 0 Å². The van der Waals surface area contributed by atoms with Crippen molar-refractivity contribution in [3.63, 3.8) is 0 Å². The molecule has 6 heteroatoms. The number of benzene rings is 1. The van der Waals surface area contributed by atoms with Gasteiger partial charge in [0.2, 0.25) is 11.8 Å². The van der Waals surface area contributed by atoms with Gasteiger partial charge in [-0.05, 0) is 31.0 Å². The molecule has 2 amide bonds. The lowest BCUT2D eigenvalue weighted by molar-refractivity contribution is -0.121. The summed E-state index contributed by atoms with van der Waals surface area (Å²) in [4.78, 5) is 25.7. The van der Waals surface area contributed by atoms with Crippen LogP contribution < -0.4 is 16.0 Å². The third-order valence-electron chi connectivity index (χ3n) is 3.99. The molecule has 0 aromatic heterocycles. The minimum Gasteiger partial charge on any atom is -0.379 e. The van der Waals surface area contributed by atoms with Gasteiger partial charge in [0.05, 0.1) is 6.61 Å². The third-order valence-corrected chi connectivity index (χ3v) is 3.99. The summed E-state index contributed by atoms with van der Waals surface area (Å²) in [6.45, 7) is 1.47. The van der Waals surface area contributed by atoms with E-state index in [-0.39, 0.29) is 18.4 Å². The highest BCUT2D eigenvalue weighted by molar-refractivity contribution is 6.00. The van der Waals surface area contributed by atoms with Crippen molar-refractivity contribution < 1.29 is 14.3 Å². The summed E-state index contributed by atoms with van der Waals surface area (Å²) < 4.78 is 5.20. The first-order valence-corrected chi connectivity index (χ1v) is 7.17. The molecule has 0 aliphatic carbocycles. The number of ether oxygens (including phenoxy) is 1. The summed E-state index contributed by atoms with van der Waals surface area (Å²) in [5, 5.41) is 2.82. The number of carbonyl (C=O) groups is 2. The van der Waals surface area contributed by atoms with Gasteiger partial charge in [-0.25, -0.2) is 0 Å². The standard InChI is InChI=1S/C15H19N3O3/c16-15(6-8-21-10-15)14(20)17-11-3-1-4-12(9-11)18-7-2-5-13(18)19/h1,3-4,9H,2,5-8,10,16H2,(H,17,20). The van der Waals surface area contributed by atoms with E-state index < -0.39 is 5.54 Å². The van der Waals surface area contributed by atoms with Crippen LogP contribution in [0.2, 0.25) is 0 Å². The molecule has 0 saturated carbocycles. The van der Waals surface area contributed by atoms with E-state index in [0.717, 1.165) is 18.7 Å². The number of rotatable bonds is 3. The Kier molecular flexibility index (Phi) is 3.65. The van der Waals surface area contributed by atoms with Crippen molar-refractivity contribution in [2.75, 3.05) is 30.0 Å². The van der Waals surface area contributed by atoms with Gasteiger partial charge in [-0.15, -0.1) is 0 Å². The van der Waals surface area contributed by atoms with Gasteiger partial charge < -0.3 is 20.7 Å². The number of nitrogens with zero attached hydrogens (tertiary/aromatic N) is 1. The zero-order valence-electron chi connectivity index (χ0n) is 11.8. The van der Waals surface area contributed by atoms with Crippen LogP contribution in [0, 0.1) is 0 Å². The van der Waals surface area contributed by atoms with Crippen LogP contribution in [-0.4, -0.2) is 37.1 Å². The Labute approximate surface area is 123 Å². The maximum atomic E-state index is 12.2. The average Bonchev–Trinajstić information content (AvgIpc) is 3.09. The molecule has 21 heavy (non-hydrogen) atoms. The van der Waals surface area contributed by atoms with Gasteiger partial charge in [0, 0.05) is 30.9 Å². The van der Waals surface area contributed by atoms with Gasteiger partial charge in [-0.2, -0.15) is 0 Å². The lowest BCUT2D eigenvalue weighted by Gasteiger charge is -2.21. The summed E-state index contributed by atoms with van der Waals surface area (Å²) >= 11 is 0. The number of carbonyl (C=O) groups excluding carboxylic acids is 2. The maximum absolute atomic E-state index is 12.2. The Morgan fingerprint density at radius 2 is 2.29 bits per heavy atom. The molecular weight excluding hydrogens is 270 g/mol. The van der Waals surface area contributed by atoms with Gasteiger partial charge in [-0.1, -0.05) is 6.07 Å². The number of nitrogens with two attached hydrogens (primary N) is 1. The van der Waals surface area contributed by atoms with E-state index in [4.69, 9.17) is 10.5 Å². The minimum absolute atomic E-state index is 0.123. The molecule has 2 aliphatic rings. The van der Waals surface area contributed by atoms with E-state index in [2.05, 4.69) is 5.32 Å². The SMILES string of the molecule is NC1(C(=O)Nc2cccc(N3CCCC3=O)c2)CCOC1. The first-order valence-electron chi connectivity index (χ1n) is 7.17. The van der Waals surface area contributed by atoms with Crippen molar-refractivity contribution in [2.45, 2.75) is 24.8 Å². The molecule has 1 unspecified atom stereocenters. The molecule has 112 valence electrons. The van der Waals surface area contributed by atoms with E-state index in [1.54, 1.807) is 17.0 Å². The van der Waals surface area contributed by atoms with Gasteiger partial charge in [-0.3, -0.25) is 9.59 Å². The fourth-order valence-electron chi connectivity index (χ4n) is 2.69. The average molecular weight is 289 g/mol. The molecule has 3 rings (SSSR count). The lowest BCUT2D eigenvalue weighted by atomic mass is 9.99. The highest BCUT2D eigenvalue weighted by Crippen LogP contribution is 2.25. The first kappa shape index (κ1) is 14.0. The van der Waals surface area contributed by atoms with Crippen LogP contribution in [-0.2, 0) is 14.3 Å². The van der Waals surface area contributed by atoms with Crippen LogP contribution in [0.1, 0.15) is 19.3 Å². The van der Waals surface area contributed by atoms with Crippen molar-refractivity contribution in [3.8, 4) is 0 Å². The second-order valence-electron chi connectivity index (χ2n) is 5.61. The Balaban J connectivity index is 1.74. The summed E-state index contributed by atoms with van der Waals surface area (Å²) in [5.41, 5.74) is 6.53. The summed E-state index contributed by atoms with van der Waals surface area (Å²) in [5.74, 6) is -0.122. The molecule has 3 N–H and O–H groups in total. The Hall–Kier alpha value is -1.92. The molecule has 0 bridgehead atoms. The summed E-state index contributed by atoms with van der Waals surface area (Å²) in [7, 11) is 0. The van der Waals surface area contributed by atoms with Crippen LogP contribution in [0.25, 0.3) is 0 Å². The molecule has 2 aliphatic heterocycles. The molecule has 2 heterocycles. The molecule has 1 atom stereocenters. The number of anilines is 2. The monoisotopic (exact) mass is 289 g/mol. The number of amides is 2. The van der Waals surface area contributed by atoms with Crippen LogP contribution in [0.5, 0.6) is 0 Å². The highest BCUT2D eigenvalue weighted by atomic mass is 16.5. The molecular formula is C15H19N3O3. The molecule has 1 aromatic carbocycles. The van der Waals surface area contributed by atoms with E-state index in [9.17, 15) is 9.59 Å². The summed E-state index contributed by atoms with van der Waals surface area (Å²) in [6.07, 6.45) is 1.97. The zero-order chi connectivity index (χ0) is 14.9. The molecule has 1 aromatic rings. The topological polar surface area (TPSA) is 84.7 Å². The number of hydrogen-bond donors (Lipinski definition) is 2. The van der Waals surface area contributed by atoms with Crippen LogP contribution in [0.4, 0.5) is 11.4 Å². The smallest absolute Gasteiger partial charge is 0.246 e. The Morgan fingerprint density at radius 3 is 2.95 bits per heavy atom. The lowest BCUT2D eigenvalue weighted by Crippen LogP contribution is -2.51. The van der Waals surface area contributed by atoms with Gasteiger partial charge in [0.15, 0.2) is 0 Å². The zero-order valence-corrected chi connectivity index (χ0v) is 11.8. The van der Waals surface area contributed by atoms with Crippen LogP contribution in [0.15, 0.2) is 24.3 Å². The van der Waals surface area contributed by atoms with Crippen molar-refractivity contribution in [2.24, 2.45) is 5.73 Å². The Morgan fingerprint density at radius 1 is 1.43 bits per heavy atom. The molecule has 2 saturated heterocycles. The molecule has 0 radical (unpaired) electrons. The van der Waals surface area contributed by atoms with Crippen molar-refractivity contribution in [1.82, 2.24) is 0 Å². The van der Waals surface area contributed by atoms with Gasteiger partial charge >= 0.3 is 0 Å². The first-order chi connectivity index (χ1) is 10.1. The summed E-state index contributed by atoms with van der Waals surface area (Å²) in [6, 6.07) is 7.29. The van der Waals surface area contributed by atoms with Crippen molar-refractivity contribution in [3.05, 3.63) is 24.3 Å². The molecule has 0 spiro atoms. The third kappa shape index (κ3) is 2.77. The van der Waals surface area contributed by atoms with Gasteiger partial charge in [0.25, 0.3) is 0 Å². The van der Waals surface area contributed by atoms with Crippen LogP contribution >= 0.6 is 0 Å². The number of hydrogen-bond acceptors (Lipinski definition) is 4. The Bertz CT molecular complexity index is 567. The van der Waals surface area contributed by atoms with E-state index >= 15 is 0 Å². The number of nitrogens with one attached hydrogen (secondary N) is 1. The van der Waals surface area contributed by atoms with Gasteiger partial charge in [0.1, 0.15) is 5.54 Å². The fraction of sp³-hybridized carbons (Fsp3) is 0.467. The second kappa shape index (κ2) is 5.46. The molecule has 6 nitrogen and oxygen atoms in total. The van der Waals surface area contributed by atoms with Crippen molar-refractivity contribution >= 4 is 23.2 Å². The predicted molar refractivity (Wildman–Crippen MR) is 79.0 cm³/mol. The van der Waals surface area contributed by atoms with Crippen LogP contribution in [0.3, 0.4) is 0 Å². The normalized spacial score (nSPS) is 25.4. The van der Waals surface area contributed by atoms with Crippen molar-refractivity contribution in [1.29, 1.82) is 0 Å². The highest BCUT2D eigenvalue weighted by Gasteiger charge is 2.38. The largest absolute Gasteiger partial charge is 0.379 e. The maximum Gasteiger partial charge on any atom is 0.246 e. The predicted octanol–water partition coefficient (Wildman–Crippen LogP) is 0.870. The second-order valence-corrected chi connectivity index (χ2v) is 5.61. The minimum atomic E-state index is -0.959. The quantitative estimate of drug-likeness (QED) is 0.864. The fourth-order valence-corrected chi connectivity index (χ4v) is 2.69. The van der Waals surface area contributed by atoms with E-state index in [1.807, 2.05) is 12.1 Å².